The second-order valence-electron chi connectivity index (χ2n) is 1.70. The van der Waals surface area contributed by atoms with E-state index in [0.717, 1.165) is 5.46 Å². The maximum absolute atomic E-state index is 5.54. The molecule has 1 radical (unpaired) electrons. The van der Waals surface area contributed by atoms with E-state index in [1.807, 2.05) is 20.2 Å². The fourth-order valence-electron chi connectivity index (χ4n) is 0.558. The lowest BCUT2D eigenvalue weighted by Gasteiger charge is -1.91. The summed E-state index contributed by atoms with van der Waals surface area (Å²) in [5, 5.41) is 0.542. The minimum atomic E-state index is 0.542. The molecule has 1 rings (SSSR count). The van der Waals surface area contributed by atoms with Gasteiger partial charge in [0, 0.05) is 6.20 Å². The van der Waals surface area contributed by atoms with Crippen LogP contribution in [0.15, 0.2) is 18.3 Å². The van der Waals surface area contributed by atoms with E-state index in [1.54, 1.807) is 12.3 Å². The summed E-state index contributed by atoms with van der Waals surface area (Å²) in [7, 11) is 1.98. The molecule has 1 aromatic rings. The average molecular weight is 138 g/mol. The Bertz CT molecular complexity index is 185. The summed E-state index contributed by atoms with van der Waals surface area (Å²) < 4.78 is 0. The number of rotatable bonds is 1. The molecule has 0 aliphatic carbocycles. The molecule has 1 aromatic heterocycles. The highest BCUT2D eigenvalue weighted by Crippen LogP contribution is 1.97. The Morgan fingerprint density at radius 3 is 2.78 bits per heavy atom. The summed E-state index contributed by atoms with van der Waals surface area (Å²) in [6.45, 7) is 1.96. The van der Waals surface area contributed by atoms with Gasteiger partial charge in [0.25, 0.3) is 0 Å². The Balaban J connectivity index is 2.88. The second kappa shape index (κ2) is 2.88. The quantitative estimate of drug-likeness (QED) is 0.418. The smallest absolute Gasteiger partial charge is 0.150 e. The van der Waals surface area contributed by atoms with Crippen LogP contribution >= 0.6 is 11.6 Å². The summed E-state index contributed by atoms with van der Waals surface area (Å²) in [6.07, 6.45) is 1.74. The molecule has 3 heteroatoms. The minimum absolute atomic E-state index is 0.542. The third-order valence-electron chi connectivity index (χ3n) is 1.08. The zero-order chi connectivity index (χ0) is 6.69. The average Bonchev–Trinajstić information content (AvgIpc) is 1.90. The first-order valence-electron chi connectivity index (χ1n) is 2.74. The normalized spacial score (nSPS) is 9.11. The van der Waals surface area contributed by atoms with Crippen molar-refractivity contribution in [2.75, 3.05) is 0 Å². The van der Waals surface area contributed by atoms with Crippen LogP contribution in [0.1, 0.15) is 0 Å². The van der Waals surface area contributed by atoms with Gasteiger partial charge in [-0.05, 0) is 6.07 Å². The number of halogens is 1. The Kier molecular flexibility index (Phi) is 2.12. The van der Waals surface area contributed by atoms with Crippen LogP contribution in [-0.4, -0.2) is 12.3 Å². The molecule has 45 valence electrons. The largest absolute Gasteiger partial charge is 0.245 e. The molecule has 0 aromatic carbocycles. The molecule has 0 saturated heterocycles. The van der Waals surface area contributed by atoms with Gasteiger partial charge >= 0.3 is 0 Å². The van der Waals surface area contributed by atoms with Crippen LogP contribution in [0.4, 0.5) is 0 Å². The van der Waals surface area contributed by atoms with E-state index in [0.29, 0.717) is 5.15 Å². The van der Waals surface area contributed by atoms with E-state index >= 15 is 0 Å². The lowest BCUT2D eigenvalue weighted by molar-refractivity contribution is 1.35. The van der Waals surface area contributed by atoms with Gasteiger partial charge in [0.15, 0.2) is 0 Å². The zero-order valence-electron chi connectivity index (χ0n) is 5.13. The molecule has 0 spiro atoms. The Labute approximate surface area is 60.3 Å². The number of nitrogens with zero attached hydrogens (tertiary/aromatic N) is 1. The first kappa shape index (κ1) is 6.62. The van der Waals surface area contributed by atoms with Crippen molar-refractivity contribution in [2.45, 2.75) is 6.82 Å². The van der Waals surface area contributed by atoms with Crippen molar-refractivity contribution in [1.82, 2.24) is 4.98 Å². The van der Waals surface area contributed by atoms with Crippen molar-refractivity contribution in [2.24, 2.45) is 0 Å². The van der Waals surface area contributed by atoms with Crippen LogP contribution in [0.3, 0.4) is 0 Å². The predicted molar refractivity (Wildman–Crippen MR) is 40.5 cm³/mol. The Morgan fingerprint density at radius 1 is 1.56 bits per heavy atom. The van der Waals surface area contributed by atoms with Crippen molar-refractivity contribution >= 4 is 24.3 Å². The summed E-state index contributed by atoms with van der Waals surface area (Å²) in [6, 6.07) is 3.70. The standard InChI is InChI=1S/C6H6BClN/c1-7-5-2-3-6(8)9-4-5/h2-4H,1H3. The van der Waals surface area contributed by atoms with Crippen LogP contribution in [0.25, 0.3) is 0 Å². The van der Waals surface area contributed by atoms with Crippen LogP contribution in [-0.2, 0) is 0 Å². The molecule has 0 bridgehead atoms. The SMILES string of the molecule is C[B]c1ccc(Cl)nc1. The van der Waals surface area contributed by atoms with Crippen molar-refractivity contribution < 1.29 is 0 Å². The number of hydrogen-bond acceptors (Lipinski definition) is 1. The van der Waals surface area contributed by atoms with E-state index in [2.05, 4.69) is 4.98 Å². The van der Waals surface area contributed by atoms with Gasteiger partial charge in [-0.25, -0.2) is 4.98 Å². The predicted octanol–water partition coefficient (Wildman–Crippen LogP) is 1.11. The molecule has 0 saturated carbocycles. The van der Waals surface area contributed by atoms with Gasteiger partial charge in [-0.15, -0.1) is 0 Å². The van der Waals surface area contributed by atoms with Gasteiger partial charge in [-0.3, -0.25) is 0 Å². The summed E-state index contributed by atoms with van der Waals surface area (Å²) in [5.74, 6) is 0. The molecule has 0 atom stereocenters. The first-order valence-corrected chi connectivity index (χ1v) is 3.11. The molecule has 0 aliphatic heterocycles. The van der Waals surface area contributed by atoms with Gasteiger partial charge in [0.2, 0.25) is 0 Å². The summed E-state index contributed by atoms with van der Waals surface area (Å²) >= 11 is 5.54. The summed E-state index contributed by atoms with van der Waals surface area (Å²) in [5.41, 5.74) is 1.10. The molecule has 0 amide bonds. The highest BCUT2D eigenvalue weighted by atomic mass is 35.5. The van der Waals surface area contributed by atoms with E-state index in [4.69, 9.17) is 11.6 Å². The maximum atomic E-state index is 5.54. The van der Waals surface area contributed by atoms with E-state index in [-0.39, 0.29) is 0 Å². The van der Waals surface area contributed by atoms with Crippen molar-refractivity contribution in [3.63, 3.8) is 0 Å². The molecule has 1 heterocycles. The molecule has 0 N–H and O–H groups in total. The second-order valence-corrected chi connectivity index (χ2v) is 2.09. The van der Waals surface area contributed by atoms with Crippen LogP contribution in [0.2, 0.25) is 12.0 Å². The zero-order valence-corrected chi connectivity index (χ0v) is 5.89. The molecular formula is C6H6BClN. The molecule has 0 unspecified atom stereocenters. The molecule has 1 nitrogen and oxygen atoms in total. The van der Waals surface area contributed by atoms with Crippen molar-refractivity contribution in [3.8, 4) is 0 Å². The van der Waals surface area contributed by atoms with Crippen molar-refractivity contribution in [1.29, 1.82) is 0 Å². The van der Waals surface area contributed by atoms with Gasteiger partial charge in [0.1, 0.15) is 12.4 Å². The molecular weight excluding hydrogens is 132 g/mol. The number of aromatic nitrogens is 1. The van der Waals surface area contributed by atoms with Gasteiger partial charge in [-0.2, -0.15) is 0 Å². The third-order valence-corrected chi connectivity index (χ3v) is 1.31. The lowest BCUT2D eigenvalue weighted by atomic mass is 9.74. The Hall–Kier alpha value is -0.495. The lowest BCUT2D eigenvalue weighted by Crippen LogP contribution is -2.09. The fraction of sp³-hybridized carbons (Fsp3) is 0.167. The molecule has 9 heavy (non-hydrogen) atoms. The number of pyridine rings is 1. The third kappa shape index (κ3) is 1.72. The molecule has 0 aliphatic rings. The highest BCUT2D eigenvalue weighted by molar-refractivity contribution is 6.51. The monoisotopic (exact) mass is 138 g/mol. The van der Waals surface area contributed by atoms with Crippen LogP contribution < -0.4 is 5.46 Å². The number of hydrogen-bond donors (Lipinski definition) is 0. The van der Waals surface area contributed by atoms with E-state index in [1.165, 1.54) is 0 Å². The molecule has 0 fully saturated rings. The first-order chi connectivity index (χ1) is 4.33. The van der Waals surface area contributed by atoms with Gasteiger partial charge < -0.3 is 0 Å². The van der Waals surface area contributed by atoms with Gasteiger partial charge in [0.05, 0.1) is 0 Å². The minimum Gasteiger partial charge on any atom is -0.245 e. The fourth-order valence-corrected chi connectivity index (χ4v) is 0.670. The van der Waals surface area contributed by atoms with Gasteiger partial charge in [-0.1, -0.05) is 30.0 Å². The highest BCUT2D eigenvalue weighted by Gasteiger charge is 1.88. The topological polar surface area (TPSA) is 12.9 Å². The van der Waals surface area contributed by atoms with E-state index in [9.17, 15) is 0 Å². The Morgan fingerprint density at radius 2 is 2.33 bits per heavy atom. The van der Waals surface area contributed by atoms with Crippen molar-refractivity contribution in [3.05, 3.63) is 23.5 Å². The summed E-state index contributed by atoms with van der Waals surface area (Å²) in [4.78, 5) is 3.88. The van der Waals surface area contributed by atoms with Crippen LogP contribution in [0.5, 0.6) is 0 Å². The van der Waals surface area contributed by atoms with E-state index < -0.39 is 0 Å². The maximum Gasteiger partial charge on any atom is 0.150 e. The van der Waals surface area contributed by atoms with Crippen LogP contribution in [0, 0.1) is 0 Å².